The number of hydrogen-bond donors (Lipinski definition) is 2. The molecule has 2 N–H and O–H groups in total. The molecular formula is C21H29N5O7S. The molecule has 1 unspecified atom stereocenters. The zero-order valence-electron chi connectivity index (χ0n) is 19.2. The summed E-state index contributed by atoms with van der Waals surface area (Å²) in [5.41, 5.74) is 1.31. The van der Waals surface area contributed by atoms with Crippen molar-refractivity contribution in [2.45, 2.75) is 37.1 Å². The number of benzene rings is 1. The van der Waals surface area contributed by atoms with E-state index in [1.165, 1.54) is 16.4 Å². The Labute approximate surface area is 198 Å². The average Bonchev–Trinajstić information content (AvgIpc) is 2.97. The predicted molar refractivity (Wildman–Crippen MR) is 119 cm³/mol. The van der Waals surface area contributed by atoms with E-state index in [9.17, 15) is 22.8 Å². The number of hydrazine groups is 1. The van der Waals surface area contributed by atoms with Crippen molar-refractivity contribution in [2.75, 3.05) is 45.9 Å². The molecule has 13 heteroatoms. The summed E-state index contributed by atoms with van der Waals surface area (Å²) in [6.07, 6.45) is 1.12. The number of amides is 4. The van der Waals surface area contributed by atoms with Crippen LogP contribution in [0.5, 0.6) is 11.5 Å². The van der Waals surface area contributed by atoms with Crippen molar-refractivity contribution in [2.24, 2.45) is 0 Å². The molecule has 4 rings (SSSR count). The van der Waals surface area contributed by atoms with Gasteiger partial charge in [0.1, 0.15) is 5.54 Å². The van der Waals surface area contributed by atoms with Crippen LogP contribution in [0.2, 0.25) is 0 Å². The highest BCUT2D eigenvalue weighted by Gasteiger charge is 2.47. The van der Waals surface area contributed by atoms with Gasteiger partial charge in [-0.15, -0.1) is 0 Å². The quantitative estimate of drug-likeness (QED) is 0.522. The van der Waals surface area contributed by atoms with E-state index in [4.69, 9.17) is 9.47 Å². The van der Waals surface area contributed by atoms with Crippen LogP contribution in [-0.4, -0.2) is 92.0 Å². The Balaban J connectivity index is 1.33. The number of imide groups is 1. The second kappa shape index (κ2) is 9.39. The third kappa shape index (κ3) is 4.68. The van der Waals surface area contributed by atoms with Crippen molar-refractivity contribution in [3.63, 3.8) is 0 Å². The first-order chi connectivity index (χ1) is 16.1. The first-order valence-electron chi connectivity index (χ1n) is 11.2. The van der Waals surface area contributed by atoms with Gasteiger partial charge in [-0.3, -0.25) is 19.9 Å². The van der Waals surface area contributed by atoms with Crippen molar-refractivity contribution >= 4 is 27.9 Å². The van der Waals surface area contributed by atoms with Crippen LogP contribution in [-0.2, 0) is 19.6 Å². The number of ether oxygens (including phenoxy) is 2. The van der Waals surface area contributed by atoms with Crippen LogP contribution in [0.4, 0.5) is 4.79 Å². The summed E-state index contributed by atoms with van der Waals surface area (Å²) >= 11 is 0. The van der Waals surface area contributed by atoms with Gasteiger partial charge in [0.05, 0.1) is 24.7 Å². The van der Waals surface area contributed by atoms with E-state index in [0.717, 1.165) is 6.42 Å². The smallest absolute Gasteiger partial charge is 0.344 e. The fourth-order valence-electron chi connectivity index (χ4n) is 3.97. The number of urea groups is 1. The minimum absolute atomic E-state index is 0.0716. The molecule has 0 aromatic heterocycles. The molecule has 2 fully saturated rings. The maximum absolute atomic E-state index is 13.1. The minimum atomic E-state index is -3.74. The predicted octanol–water partition coefficient (Wildman–Crippen LogP) is -0.0941. The van der Waals surface area contributed by atoms with Gasteiger partial charge in [0.25, 0.3) is 11.8 Å². The number of rotatable bonds is 6. The highest BCUT2D eigenvalue weighted by molar-refractivity contribution is 7.89. The number of hydrogen-bond acceptors (Lipinski definition) is 8. The Kier molecular flexibility index (Phi) is 6.69. The molecule has 1 aromatic carbocycles. The van der Waals surface area contributed by atoms with Crippen LogP contribution < -0.4 is 20.2 Å². The molecule has 3 aliphatic rings. The lowest BCUT2D eigenvalue weighted by Gasteiger charge is -2.33. The number of piperazine rings is 1. The van der Waals surface area contributed by atoms with Crippen molar-refractivity contribution in [3.05, 3.63) is 18.2 Å². The Bertz CT molecular complexity index is 1090. The third-order valence-electron chi connectivity index (χ3n) is 6.26. The molecule has 3 aliphatic heterocycles. The molecule has 3 heterocycles. The van der Waals surface area contributed by atoms with E-state index in [1.54, 1.807) is 24.8 Å². The molecule has 1 atom stereocenters. The highest BCUT2D eigenvalue weighted by atomic mass is 32.2. The Morgan fingerprint density at radius 1 is 1.12 bits per heavy atom. The zero-order chi connectivity index (χ0) is 24.5. The lowest BCUT2D eigenvalue weighted by Crippen LogP contribution is -2.54. The van der Waals surface area contributed by atoms with Gasteiger partial charge >= 0.3 is 6.03 Å². The standard InChI is InChI=1S/C21H29N5O7S/c1-3-21(2)19(28)26(20(29)22-21)23-18(27)14-24-7-9-25(10-8-24)34(30,31)15-5-6-16-17(13-15)33-12-4-11-32-16/h5-6,13H,3-4,7-12,14H2,1-2H3,(H,22,29)(H,23,27). The maximum atomic E-state index is 13.1. The monoisotopic (exact) mass is 495 g/mol. The molecule has 186 valence electrons. The summed E-state index contributed by atoms with van der Waals surface area (Å²) in [6.45, 7) is 5.31. The fourth-order valence-corrected chi connectivity index (χ4v) is 5.41. The molecule has 0 saturated carbocycles. The number of nitrogens with zero attached hydrogens (tertiary/aromatic N) is 3. The van der Waals surface area contributed by atoms with E-state index < -0.39 is 33.4 Å². The normalized spacial score (nSPS) is 24.0. The molecule has 2 saturated heterocycles. The van der Waals surface area contributed by atoms with Crippen molar-refractivity contribution < 1.29 is 32.3 Å². The third-order valence-corrected chi connectivity index (χ3v) is 8.15. The average molecular weight is 496 g/mol. The van der Waals surface area contributed by atoms with Gasteiger partial charge in [0.15, 0.2) is 11.5 Å². The van der Waals surface area contributed by atoms with Gasteiger partial charge < -0.3 is 14.8 Å². The number of carbonyl (C=O) groups is 3. The minimum Gasteiger partial charge on any atom is -0.490 e. The molecular weight excluding hydrogens is 466 g/mol. The molecule has 34 heavy (non-hydrogen) atoms. The molecule has 4 amide bonds. The first kappa shape index (κ1) is 24.2. The van der Waals surface area contributed by atoms with E-state index >= 15 is 0 Å². The van der Waals surface area contributed by atoms with Gasteiger partial charge in [0, 0.05) is 38.7 Å². The lowest BCUT2D eigenvalue weighted by atomic mass is 10.00. The summed E-state index contributed by atoms with van der Waals surface area (Å²) in [7, 11) is -3.74. The molecule has 0 bridgehead atoms. The van der Waals surface area contributed by atoms with Gasteiger partial charge in [-0.25, -0.2) is 13.2 Å². The van der Waals surface area contributed by atoms with Gasteiger partial charge in [-0.05, 0) is 25.5 Å². The van der Waals surface area contributed by atoms with Crippen LogP contribution >= 0.6 is 0 Å². The summed E-state index contributed by atoms with van der Waals surface area (Å²) < 4.78 is 38.8. The molecule has 0 radical (unpaired) electrons. The first-order valence-corrected chi connectivity index (χ1v) is 12.7. The number of fused-ring (bicyclic) bond motifs is 1. The summed E-state index contributed by atoms with van der Waals surface area (Å²) in [4.78, 5) is 38.8. The number of sulfonamides is 1. The van der Waals surface area contributed by atoms with Crippen molar-refractivity contribution in [1.29, 1.82) is 0 Å². The summed E-state index contributed by atoms with van der Waals surface area (Å²) in [6, 6.07) is 3.92. The highest BCUT2D eigenvalue weighted by Crippen LogP contribution is 2.33. The largest absolute Gasteiger partial charge is 0.490 e. The summed E-state index contributed by atoms with van der Waals surface area (Å²) in [5, 5.41) is 3.27. The second-order valence-corrected chi connectivity index (χ2v) is 10.6. The lowest BCUT2D eigenvalue weighted by molar-refractivity contribution is -0.139. The van der Waals surface area contributed by atoms with E-state index in [-0.39, 0.29) is 24.5 Å². The maximum Gasteiger partial charge on any atom is 0.344 e. The van der Waals surface area contributed by atoms with Gasteiger partial charge in [0.2, 0.25) is 10.0 Å². The van der Waals surface area contributed by atoms with Crippen LogP contribution in [0.15, 0.2) is 23.1 Å². The van der Waals surface area contributed by atoms with E-state index in [1.807, 2.05) is 0 Å². The van der Waals surface area contributed by atoms with Crippen molar-refractivity contribution in [3.8, 4) is 11.5 Å². The SMILES string of the molecule is CCC1(C)NC(=O)N(NC(=O)CN2CCN(S(=O)(=O)c3ccc4c(c3)OCCCO4)CC2)C1=O. The molecule has 1 aromatic rings. The number of nitrogens with one attached hydrogen (secondary N) is 2. The molecule has 0 spiro atoms. The van der Waals surface area contributed by atoms with Crippen LogP contribution in [0.25, 0.3) is 0 Å². The molecule has 12 nitrogen and oxygen atoms in total. The van der Waals surface area contributed by atoms with Crippen LogP contribution in [0.3, 0.4) is 0 Å². The van der Waals surface area contributed by atoms with E-state index in [2.05, 4.69) is 10.7 Å². The van der Waals surface area contributed by atoms with Gasteiger partial charge in [-0.2, -0.15) is 9.31 Å². The van der Waals surface area contributed by atoms with Gasteiger partial charge in [-0.1, -0.05) is 6.92 Å². The Morgan fingerprint density at radius 2 is 1.79 bits per heavy atom. The second-order valence-electron chi connectivity index (χ2n) is 8.63. The fraction of sp³-hybridized carbons (Fsp3) is 0.571. The zero-order valence-corrected chi connectivity index (χ0v) is 20.0. The van der Waals surface area contributed by atoms with Crippen LogP contribution in [0.1, 0.15) is 26.7 Å². The Morgan fingerprint density at radius 3 is 2.44 bits per heavy atom. The van der Waals surface area contributed by atoms with Crippen molar-refractivity contribution in [1.82, 2.24) is 25.0 Å². The summed E-state index contributed by atoms with van der Waals surface area (Å²) in [5.74, 6) is -0.104. The van der Waals surface area contributed by atoms with E-state index in [0.29, 0.717) is 49.2 Å². The Hall–Kier alpha value is -2.90. The van der Waals surface area contributed by atoms with Crippen LogP contribution in [0, 0.1) is 0 Å². The molecule has 0 aliphatic carbocycles. The topological polar surface area (TPSA) is 138 Å². The number of carbonyl (C=O) groups excluding carboxylic acids is 3.